The smallest absolute Gasteiger partial charge is 0.127 e. The Kier molecular flexibility index (Phi) is 4.45. The van der Waals surface area contributed by atoms with Crippen LogP contribution in [0, 0.1) is 11.7 Å². The lowest BCUT2D eigenvalue weighted by Gasteiger charge is -2.34. The van der Waals surface area contributed by atoms with E-state index in [4.69, 9.17) is 11.6 Å². The second-order valence-electron chi connectivity index (χ2n) is 4.75. The van der Waals surface area contributed by atoms with Crippen molar-refractivity contribution < 1.29 is 4.39 Å². The Bertz CT molecular complexity index is 399. The topological polar surface area (TPSA) is 3.24 Å². The summed E-state index contributed by atoms with van der Waals surface area (Å²) < 4.78 is 14.6. The fourth-order valence-corrected chi connectivity index (χ4v) is 2.84. The third-order valence-corrected chi connectivity index (χ3v) is 4.43. The van der Waals surface area contributed by atoms with Gasteiger partial charge >= 0.3 is 0 Å². The third-order valence-electron chi connectivity index (χ3n) is 3.29. The summed E-state index contributed by atoms with van der Waals surface area (Å²) in [5.74, 6) is 0.342. The van der Waals surface area contributed by atoms with Crippen molar-refractivity contribution in [3.63, 3.8) is 0 Å². The van der Waals surface area contributed by atoms with Crippen molar-refractivity contribution in [3.8, 4) is 0 Å². The Labute approximate surface area is 115 Å². The molecule has 0 bridgehead atoms. The van der Waals surface area contributed by atoms with Crippen LogP contribution in [-0.4, -0.2) is 23.4 Å². The van der Waals surface area contributed by atoms with Crippen LogP contribution in [-0.2, 0) is 6.54 Å². The molecular formula is C13H16BrClFN. The second kappa shape index (κ2) is 5.68. The second-order valence-corrected chi connectivity index (χ2v) is 6.23. The van der Waals surface area contributed by atoms with Gasteiger partial charge in [-0.1, -0.05) is 22.9 Å². The van der Waals surface area contributed by atoms with Crippen LogP contribution in [0.4, 0.5) is 4.39 Å². The summed E-state index contributed by atoms with van der Waals surface area (Å²) in [5, 5.41) is 0.263. The molecule has 0 aromatic heterocycles. The van der Waals surface area contributed by atoms with Crippen molar-refractivity contribution in [2.24, 2.45) is 5.92 Å². The lowest BCUT2D eigenvalue weighted by atomic mass is 9.99. The Balaban J connectivity index is 2.03. The van der Waals surface area contributed by atoms with Crippen molar-refractivity contribution in [1.82, 2.24) is 4.90 Å². The van der Waals surface area contributed by atoms with Gasteiger partial charge in [0.2, 0.25) is 0 Å². The fraction of sp³-hybridized carbons (Fsp3) is 0.538. The molecule has 0 amide bonds. The van der Waals surface area contributed by atoms with Gasteiger partial charge in [0, 0.05) is 28.5 Å². The van der Waals surface area contributed by atoms with Gasteiger partial charge in [-0.2, -0.15) is 0 Å². The van der Waals surface area contributed by atoms with E-state index < -0.39 is 0 Å². The minimum Gasteiger partial charge on any atom is -0.299 e. The van der Waals surface area contributed by atoms with E-state index in [1.165, 1.54) is 6.07 Å². The first-order valence-electron chi connectivity index (χ1n) is 5.86. The molecule has 0 N–H and O–H groups in total. The molecule has 2 atom stereocenters. The van der Waals surface area contributed by atoms with Crippen molar-refractivity contribution in [2.75, 3.05) is 13.1 Å². The van der Waals surface area contributed by atoms with Crippen LogP contribution in [0.25, 0.3) is 0 Å². The average molecular weight is 321 g/mol. The maximum atomic E-state index is 13.6. The summed E-state index contributed by atoms with van der Waals surface area (Å²) in [4.78, 5) is 2.27. The minimum atomic E-state index is -0.131. The molecule has 2 unspecified atom stereocenters. The highest BCUT2D eigenvalue weighted by Crippen LogP contribution is 2.24. The van der Waals surface area contributed by atoms with Crippen LogP contribution in [0.2, 0.25) is 0 Å². The number of alkyl halides is 1. The molecule has 1 fully saturated rings. The molecule has 0 spiro atoms. The van der Waals surface area contributed by atoms with E-state index in [0.29, 0.717) is 12.5 Å². The largest absolute Gasteiger partial charge is 0.299 e. The summed E-state index contributed by atoms with van der Waals surface area (Å²) in [6.07, 6.45) is 0.984. The number of hydrogen-bond acceptors (Lipinski definition) is 1. The van der Waals surface area contributed by atoms with E-state index in [1.807, 2.05) is 6.07 Å². The van der Waals surface area contributed by atoms with Crippen molar-refractivity contribution in [3.05, 3.63) is 34.1 Å². The summed E-state index contributed by atoms with van der Waals surface area (Å²) in [5.41, 5.74) is 0.750. The van der Waals surface area contributed by atoms with Crippen LogP contribution in [0.1, 0.15) is 18.9 Å². The first-order valence-corrected chi connectivity index (χ1v) is 7.09. The third kappa shape index (κ3) is 3.43. The summed E-state index contributed by atoms with van der Waals surface area (Å²) >= 11 is 9.56. The fourth-order valence-electron chi connectivity index (χ4n) is 2.25. The number of halogens is 3. The highest BCUT2D eigenvalue weighted by atomic mass is 79.9. The molecule has 0 saturated carbocycles. The average Bonchev–Trinajstić information content (AvgIpc) is 2.29. The summed E-state index contributed by atoms with van der Waals surface area (Å²) in [7, 11) is 0. The van der Waals surface area contributed by atoms with Gasteiger partial charge in [-0.25, -0.2) is 4.39 Å². The molecule has 1 aliphatic rings. The monoisotopic (exact) mass is 319 g/mol. The van der Waals surface area contributed by atoms with Gasteiger partial charge in [0.1, 0.15) is 5.82 Å². The van der Waals surface area contributed by atoms with Gasteiger partial charge in [0.15, 0.2) is 0 Å². The lowest BCUT2D eigenvalue weighted by molar-refractivity contribution is 0.178. The SMILES string of the molecule is CC1CN(Cc2cc(Br)ccc2F)CCC1Cl. The van der Waals surface area contributed by atoms with E-state index in [2.05, 4.69) is 27.8 Å². The highest BCUT2D eigenvalue weighted by Gasteiger charge is 2.24. The Morgan fingerprint density at radius 1 is 1.53 bits per heavy atom. The highest BCUT2D eigenvalue weighted by molar-refractivity contribution is 9.10. The Hall–Kier alpha value is -0.120. The van der Waals surface area contributed by atoms with Crippen molar-refractivity contribution in [2.45, 2.75) is 25.3 Å². The van der Waals surface area contributed by atoms with Gasteiger partial charge in [-0.3, -0.25) is 4.90 Å². The number of hydrogen-bond donors (Lipinski definition) is 0. The molecule has 0 aliphatic carbocycles. The number of benzene rings is 1. The first kappa shape index (κ1) is 13.3. The van der Waals surface area contributed by atoms with Gasteiger partial charge in [0.25, 0.3) is 0 Å². The van der Waals surface area contributed by atoms with E-state index in [-0.39, 0.29) is 11.2 Å². The number of nitrogens with zero attached hydrogens (tertiary/aromatic N) is 1. The Morgan fingerprint density at radius 2 is 2.29 bits per heavy atom. The van der Waals surface area contributed by atoms with Crippen LogP contribution >= 0.6 is 27.5 Å². The molecule has 1 nitrogen and oxygen atoms in total. The lowest BCUT2D eigenvalue weighted by Crippen LogP contribution is -2.39. The van der Waals surface area contributed by atoms with Crippen molar-refractivity contribution >= 4 is 27.5 Å². The molecule has 17 heavy (non-hydrogen) atoms. The molecule has 1 saturated heterocycles. The molecule has 1 heterocycles. The normalized spacial score (nSPS) is 26.1. The molecule has 1 aromatic rings. The number of piperidine rings is 1. The van der Waals surface area contributed by atoms with Gasteiger partial charge in [0.05, 0.1) is 0 Å². The van der Waals surface area contributed by atoms with Gasteiger partial charge in [-0.05, 0) is 37.1 Å². The molecule has 2 rings (SSSR count). The molecule has 94 valence electrons. The Morgan fingerprint density at radius 3 is 3.00 bits per heavy atom. The molecule has 4 heteroatoms. The zero-order valence-electron chi connectivity index (χ0n) is 9.80. The van der Waals surface area contributed by atoms with E-state index in [0.717, 1.165) is 29.5 Å². The van der Waals surface area contributed by atoms with Crippen LogP contribution in [0.15, 0.2) is 22.7 Å². The maximum Gasteiger partial charge on any atom is 0.127 e. The maximum absolute atomic E-state index is 13.6. The standard InChI is InChI=1S/C13H16BrClFN/c1-9-7-17(5-4-12(9)15)8-10-6-11(14)2-3-13(10)16/h2-3,6,9,12H,4-5,7-8H2,1H3. The van der Waals surface area contributed by atoms with Gasteiger partial charge < -0.3 is 0 Å². The van der Waals surface area contributed by atoms with E-state index >= 15 is 0 Å². The number of likely N-dealkylation sites (tertiary alicyclic amines) is 1. The van der Waals surface area contributed by atoms with Crippen molar-refractivity contribution in [1.29, 1.82) is 0 Å². The van der Waals surface area contributed by atoms with E-state index in [9.17, 15) is 4.39 Å². The van der Waals surface area contributed by atoms with Crippen LogP contribution in [0.5, 0.6) is 0 Å². The van der Waals surface area contributed by atoms with E-state index in [1.54, 1.807) is 6.07 Å². The quantitative estimate of drug-likeness (QED) is 0.744. The summed E-state index contributed by atoms with van der Waals surface area (Å²) in [6.45, 7) is 4.71. The minimum absolute atomic E-state index is 0.131. The zero-order chi connectivity index (χ0) is 12.4. The first-order chi connectivity index (χ1) is 8.06. The predicted octanol–water partition coefficient (Wildman–Crippen LogP) is 4.04. The molecule has 1 aromatic carbocycles. The van der Waals surface area contributed by atoms with Gasteiger partial charge in [-0.15, -0.1) is 11.6 Å². The summed E-state index contributed by atoms with van der Waals surface area (Å²) in [6, 6.07) is 5.09. The number of rotatable bonds is 2. The van der Waals surface area contributed by atoms with Crippen LogP contribution < -0.4 is 0 Å². The molecule has 0 radical (unpaired) electrons. The predicted molar refractivity (Wildman–Crippen MR) is 72.8 cm³/mol. The molecular weight excluding hydrogens is 305 g/mol. The van der Waals surface area contributed by atoms with Crippen LogP contribution in [0.3, 0.4) is 0 Å². The zero-order valence-corrected chi connectivity index (χ0v) is 12.1. The molecule has 1 aliphatic heterocycles.